The van der Waals surface area contributed by atoms with Gasteiger partial charge in [0.1, 0.15) is 0 Å². The summed E-state index contributed by atoms with van der Waals surface area (Å²) in [6, 6.07) is 1.46. The summed E-state index contributed by atoms with van der Waals surface area (Å²) in [7, 11) is 1.18. The van der Waals surface area contributed by atoms with Crippen LogP contribution in [0, 0.1) is 23.4 Å². The molecule has 25 heavy (non-hydrogen) atoms. The first-order valence-corrected chi connectivity index (χ1v) is 7.44. The van der Waals surface area contributed by atoms with Crippen molar-refractivity contribution in [2.24, 2.45) is 5.92 Å². The van der Waals surface area contributed by atoms with Gasteiger partial charge in [0.25, 0.3) is 5.91 Å². The van der Waals surface area contributed by atoms with Crippen molar-refractivity contribution >= 4 is 17.8 Å². The second-order valence-corrected chi connectivity index (χ2v) is 5.38. The van der Waals surface area contributed by atoms with E-state index in [0.717, 1.165) is 11.0 Å². The summed E-state index contributed by atoms with van der Waals surface area (Å²) in [6.07, 6.45) is 0. The Morgan fingerprint density at radius 1 is 1.20 bits per heavy atom. The van der Waals surface area contributed by atoms with Gasteiger partial charge in [0.15, 0.2) is 17.5 Å². The summed E-state index contributed by atoms with van der Waals surface area (Å²) in [5, 5.41) is 2.46. The topological polar surface area (TPSA) is 75.7 Å². The van der Waals surface area contributed by atoms with Gasteiger partial charge in [-0.25, -0.2) is 13.2 Å². The van der Waals surface area contributed by atoms with Crippen molar-refractivity contribution < 1.29 is 32.3 Å². The van der Waals surface area contributed by atoms with Crippen LogP contribution in [-0.2, 0) is 14.3 Å². The lowest BCUT2D eigenvalue weighted by molar-refractivity contribution is -0.145. The number of benzene rings is 1. The van der Waals surface area contributed by atoms with E-state index in [0.29, 0.717) is 6.07 Å². The Morgan fingerprint density at radius 3 is 2.40 bits per heavy atom. The van der Waals surface area contributed by atoms with Crippen LogP contribution in [-0.4, -0.2) is 49.4 Å². The van der Waals surface area contributed by atoms with Crippen LogP contribution < -0.4 is 5.32 Å². The highest BCUT2D eigenvalue weighted by Gasteiger charge is 2.26. The van der Waals surface area contributed by atoms with Crippen molar-refractivity contribution in [1.82, 2.24) is 10.2 Å². The van der Waals surface area contributed by atoms with Crippen molar-refractivity contribution in [2.45, 2.75) is 13.8 Å². The molecule has 1 rings (SSSR count). The minimum absolute atomic E-state index is 0.0419. The van der Waals surface area contributed by atoms with E-state index in [-0.39, 0.29) is 25.5 Å². The third kappa shape index (κ3) is 5.47. The summed E-state index contributed by atoms with van der Waals surface area (Å²) < 4.78 is 44.8. The molecule has 0 aromatic heterocycles. The van der Waals surface area contributed by atoms with Gasteiger partial charge >= 0.3 is 5.97 Å². The van der Waals surface area contributed by atoms with Crippen LogP contribution >= 0.6 is 0 Å². The van der Waals surface area contributed by atoms with Gasteiger partial charge in [-0.15, -0.1) is 0 Å². The standard InChI is InChI=1S/C16H19F3N2O4/c1-9(16(24)25-3)8-21(7-6-20-10(2)22)15(23)11-4-5-12(17)14(19)13(11)18/h4-5,9H,6-8H2,1-3H3,(H,20,22). The molecule has 0 radical (unpaired) electrons. The maximum absolute atomic E-state index is 13.9. The van der Waals surface area contributed by atoms with Crippen LogP contribution in [0.4, 0.5) is 13.2 Å². The summed E-state index contributed by atoms with van der Waals surface area (Å²) in [4.78, 5) is 36.0. The fourth-order valence-corrected chi connectivity index (χ4v) is 2.11. The van der Waals surface area contributed by atoms with Crippen molar-refractivity contribution in [1.29, 1.82) is 0 Å². The molecule has 2 amide bonds. The first kappa shape index (κ1) is 20.5. The molecule has 1 aromatic rings. The van der Waals surface area contributed by atoms with Gasteiger partial charge in [0, 0.05) is 26.6 Å². The normalized spacial score (nSPS) is 11.6. The molecule has 0 saturated carbocycles. The molecule has 0 aliphatic carbocycles. The number of methoxy groups -OCH3 is 1. The number of nitrogens with one attached hydrogen (secondary N) is 1. The Bertz CT molecular complexity index is 667. The van der Waals surface area contributed by atoms with E-state index in [4.69, 9.17) is 0 Å². The number of carbonyl (C=O) groups is 3. The lowest BCUT2D eigenvalue weighted by Crippen LogP contribution is -2.42. The van der Waals surface area contributed by atoms with Gasteiger partial charge in [-0.05, 0) is 12.1 Å². The molecule has 138 valence electrons. The monoisotopic (exact) mass is 360 g/mol. The molecule has 0 bridgehead atoms. The number of nitrogens with zero attached hydrogens (tertiary/aromatic N) is 1. The number of hydrogen-bond donors (Lipinski definition) is 1. The molecule has 0 spiro atoms. The molecular weight excluding hydrogens is 341 g/mol. The highest BCUT2D eigenvalue weighted by molar-refractivity contribution is 5.94. The van der Waals surface area contributed by atoms with Crippen molar-refractivity contribution in [3.63, 3.8) is 0 Å². The summed E-state index contributed by atoms with van der Waals surface area (Å²) in [6.45, 7) is 2.60. The smallest absolute Gasteiger partial charge is 0.310 e. The zero-order valence-corrected chi connectivity index (χ0v) is 14.1. The molecule has 1 atom stereocenters. The van der Waals surface area contributed by atoms with E-state index in [2.05, 4.69) is 10.1 Å². The molecule has 0 saturated heterocycles. The molecule has 0 fully saturated rings. The number of halogens is 3. The number of rotatable bonds is 7. The lowest BCUT2D eigenvalue weighted by Gasteiger charge is -2.25. The van der Waals surface area contributed by atoms with Crippen LogP contribution in [0.2, 0.25) is 0 Å². The summed E-state index contributed by atoms with van der Waals surface area (Å²) in [5.74, 6) is -7.39. The zero-order chi connectivity index (χ0) is 19.1. The first-order chi connectivity index (χ1) is 11.7. The van der Waals surface area contributed by atoms with Gasteiger partial charge in [-0.1, -0.05) is 6.92 Å². The number of amides is 2. The number of ether oxygens (including phenoxy) is 1. The average molecular weight is 360 g/mol. The van der Waals surface area contributed by atoms with E-state index >= 15 is 0 Å². The Labute approximate surface area is 142 Å². The SMILES string of the molecule is COC(=O)C(C)CN(CCNC(C)=O)C(=O)c1ccc(F)c(F)c1F. The maximum Gasteiger partial charge on any atom is 0.310 e. The molecular formula is C16H19F3N2O4. The van der Waals surface area contributed by atoms with Crippen LogP contribution in [0.3, 0.4) is 0 Å². The number of hydrogen-bond acceptors (Lipinski definition) is 4. The van der Waals surface area contributed by atoms with E-state index in [9.17, 15) is 27.6 Å². The highest BCUT2D eigenvalue weighted by Crippen LogP contribution is 2.17. The molecule has 1 aromatic carbocycles. The van der Waals surface area contributed by atoms with Crippen LogP contribution in [0.25, 0.3) is 0 Å². The molecule has 9 heteroatoms. The quantitative estimate of drug-likeness (QED) is 0.591. The molecule has 0 aliphatic heterocycles. The van der Waals surface area contributed by atoms with E-state index in [1.165, 1.54) is 21.0 Å². The largest absolute Gasteiger partial charge is 0.469 e. The van der Waals surface area contributed by atoms with E-state index in [1.807, 2.05) is 0 Å². The summed E-state index contributed by atoms with van der Waals surface area (Å²) >= 11 is 0. The van der Waals surface area contributed by atoms with E-state index in [1.54, 1.807) is 0 Å². The Morgan fingerprint density at radius 2 is 1.84 bits per heavy atom. The molecule has 1 unspecified atom stereocenters. The fraction of sp³-hybridized carbons (Fsp3) is 0.438. The lowest BCUT2D eigenvalue weighted by atomic mass is 10.1. The van der Waals surface area contributed by atoms with Crippen molar-refractivity contribution in [3.05, 3.63) is 35.1 Å². The number of esters is 1. The highest BCUT2D eigenvalue weighted by atomic mass is 19.2. The van der Waals surface area contributed by atoms with E-state index < -0.39 is 40.8 Å². The minimum atomic E-state index is -1.76. The average Bonchev–Trinajstić information content (AvgIpc) is 2.57. The molecule has 6 nitrogen and oxygen atoms in total. The Balaban J connectivity index is 3.04. The van der Waals surface area contributed by atoms with Gasteiger partial charge in [-0.2, -0.15) is 0 Å². The minimum Gasteiger partial charge on any atom is -0.469 e. The van der Waals surface area contributed by atoms with Crippen LogP contribution in [0.15, 0.2) is 12.1 Å². The van der Waals surface area contributed by atoms with Gasteiger partial charge in [-0.3, -0.25) is 14.4 Å². The van der Waals surface area contributed by atoms with Gasteiger partial charge in [0.05, 0.1) is 18.6 Å². The predicted molar refractivity (Wildman–Crippen MR) is 82.1 cm³/mol. The second kappa shape index (κ2) is 9.05. The van der Waals surface area contributed by atoms with Gasteiger partial charge in [0.2, 0.25) is 5.91 Å². The van der Waals surface area contributed by atoms with Crippen LogP contribution in [0.5, 0.6) is 0 Å². The molecule has 0 aliphatic rings. The Hall–Kier alpha value is -2.58. The number of carbonyl (C=O) groups excluding carboxylic acids is 3. The predicted octanol–water partition coefficient (Wildman–Crippen LogP) is 1.49. The Kier molecular flexibility index (Phi) is 7.41. The molecule has 1 N–H and O–H groups in total. The first-order valence-electron chi connectivity index (χ1n) is 7.44. The van der Waals surface area contributed by atoms with Crippen molar-refractivity contribution in [3.8, 4) is 0 Å². The van der Waals surface area contributed by atoms with Crippen LogP contribution in [0.1, 0.15) is 24.2 Å². The maximum atomic E-state index is 13.9. The van der Waals surface area contributed by atoms with Crippen molar-refractivity contribution in [2.75, 3.05) is 26.7 Å². The third-order valence-electron chi connectivity index (χ3n) is 3.41. The fourth-order valence-electron chi connectivity index (χ4n) is 2.11. The third-order valence-corrected chi connectivity index (χ3v) is 3.41. The second-order valence-electron chi connectivity index (χ2n) is 5.38. The zero-order valence-electron chi connectivity index (χ0n) is 14.1. The molecule has 0 heterocycles. The van der Waals surface area contributed by atoms with Gasteiger partial charge < -0.3 is 15.0 Å². The summed E-state index contributed by atoms with van der Waals surface area (Å²) in [5.41, 5.74) is -0.668.